The summed E-state index contributed by atoms with van der Waals surface area (Å²) < 4.78 is 0. The summed E-state index contributed by atoms with van der Waals surface area (Å²) in [4.78, 5) is 15.6. The molecule has 0 fully saturated rings. The molecule has 1 aliphatic carbocycles. The zero-order valence-corrected chi connectivity index (χ0v) is 10.2. The molecule has 0 aliphatic heterocycles. The van der Waals surface area contributed by atoms with Gasteiger partial charge in [0.05, 0.1) is 5.69 Å². The Morgan fingerprint density at radius 1 is 1.41 bits per heavy atom. The van der Waals surface area contributed by atoms with Gasteiger partial charge in [0, 0.05) is 24.4 Å². The van der Waals surface area contributed by atoms with Crippen molar-refractivity contribution in [2.45, 2.75) is 26.7 Å². The Kier molecular flexibility index (Phi) is 2.88. The second-order valence-corrected chi connectivity index (χ2v) is 5.21. The van der Waals surface area contributed by atoms with Gasteiger partial charge < -0.3 is 11.1 Å². The molecular weight excluding hydrogens is 214 g/mol. The second-order valence-electron chi connectivity index (χ2n) is 5.21. The van der Waals surface area contributed by atoms with Crippen molar-refractivity contribution in [3.63, 3.8) is 0 Å². The van der Waals surface area contributed by atoms with E-state index in [9.17, 15) is 4.79 Å². The molecule has 4 nitrogen and oxygen atoms in total. The SMILES string of the molecule is CC1(C)CC(=O)C=C(Nc2cccnc2N)C1. The normalized spacial score (nSPS) is 18.7. The molecule has 0 radical (unpaired) electrons. The third-order valence-electron chi connectivity index (χ3n) is 2.79. The fraction of sp³-hybridized carbons (Fsp3) is 0.385. The van der Waals surface area contributed by atoms with Crippen molar-refractivity contribution in [1.82, 2.24) is 4.98 Å². The van der Waals surface area contributed by atoms with Crippen molar-refractivity contribution in [2.24, 2.45) is 5.41 Å². The van der Waals surface area contributed by atoms with Crippen LogP contribution in [-0.4, -0.2) is 10.8 Å². The number of carbonyl (C=O) groups excluding carboxylic acids is 1. The number of nitrogens with zero attached hydrogens (tertiary/aromatic N) is 1. The van der Waals surface area contributed by atoms with E-state index in [1.54, 1.807) is 12.3 Å². The van der Waals surface area contributed by atoms with Gasteiger partial charge in [-0.1, -0.05) is 13.8 Å². The number of ketones is 1. The highest BCUT2D eigenvalue weighted by atomic mass is 16.1. The Hall–Kier alpha value is -1.84. The number of hydrogen-bond donors (Lipinski definition) is 2. The van der Waals surface area contributed by atoms with Crippen LogP contribution in [0, 0.1) is 5.41 Å². The van der Waals surface area contributed by atoms with E-state index in [-0.39, 0.29) is 11.2 Å². The Balaban J connectivity index is 2.20. The van der Waals surface area contributed by atoms with E-state index in [0.29, 0.717) is 12.2 Å². The summed E-state index contributed by atoms with van der Waals surface area (Å²) in [5.41, 5.74) is 7.42. The van der Waals surface area contributed by atoms with Crippen LogP contribution in [0.5, 0.6) is 0 Å². The van der Waals surface area contributed by atoms with Crippen molar-refractivity contribution < 1.29 is 4.79 Å². The highest BCUT2D eigenvalue weighted by Crippen LogP contribution is 2.34. The van der Waals surface area contributed by atoms with E-state index in [0.717, 1.165) is 17.8 Å². The zero-order valence-electron chi connectivity index (χ0n) is 10.2. The largest absolute Gasteiger partial charge is 0.382 e. The molecule has 1 heterocycles. The smallest absolute Gasteiger partial charge is 0.157 e. The predicted octanol–water partition coefficient (Wildman–Crippen LogP) is 2.35. The van der Waals surface area contributed by atoms with Crippen LogP contribution in [0.4, 0.5) is 11.5 Å². The lowest BCUT2D eigenvalue weighted by Gasteiger charge is -2.29. The fourth-order valence-corrected chi connectivity index (χ4v) is 2.12. The molecule has 90 valence electrons. The molecule has 0 unspecified atom stereocenters. The number of nitrogen functional groups attached to an aromatic ring is 1. The van der Waals surface area contributed by atoms with E-state index >= 15 is 0 Å². The fourth-order valence-electron chi connectivity index (χ4n) is 2.12. The van der Waals surface area contributed by atoms with Crippen molar-refractivity contribution >= 4 is 17.3 Å². The molecule has 2 rings (SSSR count). The first-order valence-electron chi connectivity index (χ1n) is 5.67. The Morgan fingerprint density at radius 3 is 2.82 bits per heavy atom. The van der Waals surface area contributed by atoms with Crippen LogP contribution in [0.15, 0.2) is 30.1 Å². The van der Waals surface area contributed by atoms with Crippen LogP contribution in [0.1, 0.15) is 26.7 Å². The van der Waals surface area contributed by atoms with Gasteiger partial charge in [-0.15, -0.1) is 0 Å². The van der Waals surface area contributed by atoms with E-state index in [2.05, 4.69) is 24.1 Å². The number of nitrogens with two attached hydrogens (primary N) is 1. The average Bonchev–Trinajstić information content (AvgIpc) is 2.18. The van der Waals surface area contributed by atoms with Gasteiger partial charge in [-0.2, -0.15) is 0 Å². The lowest BCUT2D eigenvalue weighted by molar-refractivity contribution is -0.117. The summed E-state index contributed by atoms with van der Waals surface area (Å²) in [6.45, 7) is 4.18. The number of nitrogens with one attached hydrogen (secondary N) is 1. The van der Waals surface area contributed by atoms with E-state index in [1.165, 1.54) is 0 Å². The van der Waals surface area contributed by atoms with Gasteiger partial charge in [-0.05, 0) is 24.0 Å². The molecule has 1 aliphatic rings. The molecule has 0 amide bonds. The van der Waals surface area contributed by atoms with Crippen molar-refractivity contribution in [3.8, 4) is 0 Å². The Labute approximate surface area is 101 Å². The lowest BCUT2D eigenvalue weighted by Crippen LogP contribution is -2.24. The van der Waals surface area contributed by atoms with Gasteiger partial charge in [0.25, 0.3) is 0 Å². The molecule has 3 N–H and O–H groups in total. The summed E-state index contributed by atoms with van der Waals surface area (Å²) >= 11 is 0. The highest BCUT2D eigenvalue weighted by Gasteiger charge is 2.27. The van der Waals surface area contributed by atoms with Crippen LogP contribution in [-0.2, 0) is 4.79 Å². The predicted molar refractivity (Wildman–Crippen MR) is 68.4 cm³/mol. The van der Waals surface area contributed by atoms with Crippen LogP contribution >= 0.6 is 0 Å². The van der Waals surface area contributed by atoms with Crippen LogP contribution in [0.25, 0.3) is 0 Å². The number of carbonyl (C=O) groups is 1. The maximum atomic E-state index is 11.6. The number of allylic oxidation sites excluding steroid dienone is 2. The zero-order chi connectivity index (χ0) is 12.5. The van der Waals surface area contributed by atoms with Gasteiger partial charge in [-0.25, -0.2) is 4.98 Å². The second kappa shape index (κ2) is 4.20. The quantitative estimate of drug-likeness (QED) is 0.819. The van der Waals surface area contributed by atoms with Gasteiger partial charge >= 0.3 is 0 Å². The highest BCUT2D eigenvalue weighted by molar-refractivity contribution is 5.92. The molecule has 1 aromatic rings. The topological polar surface area (TPSA) is 68.0 Å². The first-order chi connectivity index (χ1) is 7.96. The molecule has 1 aromatic heterocycles. The minimum absolute atomic E-state index is 0.00510. The third-order valence-corrected chi connectivity index (χ3v) is 2.79. The summed E-state index contributed by atoms with van der Waals surface area (Å²) in [7, 11) is 0. The first-order valence-corrected chi connectivity index (χ1v) is 5.67. The molecule has 17 heavy (non-hydrogen) atoms. The lowest BCUT2D eigenvalue weighted by atomic mass is 9.79. The van der Waals surface area contributed by atoms with Crippen LogP contribution in [0.2, 0.25) is 0 Å². The minimum Gasteiger partial charge on any atom is -0.382 e. The summed E-state index contributed by atoms with van der Waals surface area (Å²) in [5.74, 6) is 0.607. The first kappa shape index (κ1) is 11.6. The van der Waals surface area contributed by atoms with Gasteiger partial charge in [0.1, 0.15) is 5.82 Å². The molecule has 0 saturated carbocycles. The van der Waals surface area contributed by atoms with E-state index in [4.69, 9.17) is 5.73 Å². The molecule has 0 aromatic carbocycles. The Morgan fingerprint density at radius 2 is 2.18 bits per heavy atom. The molecule has 0 atom stereocenters. The minimum atomic E-state index is 0.00510. The van der Waals surface area contributed by atoms with Crippen LogP contribution in [0.3, 0.4) is 0 Å². The standard InChI is InChI=1S/C13H17N3O/c1-13(2)7-9(6-10(17)8-13)16-11-4-3-5-15-12(11)14/h3-6,16H,7-8H2,1-2H3,(H2,14,15). The average molecular weight is 231 g/mol. The number of hydrogen-bond acceptors (Lipinski definition) is 4. The summed E-state index contributed by atoms with van der Waals surface area (Å²) in [6, 6.07) is 3.67. The van der Waals surface area contributed by atoms with E-state index in [1.807, 2.05) is 12.1 Å². The Bertz CT molecular complexity index is 477. The maximum Gasteiger partial charge on any atom is 0.157 e. The number of anilines is 2. The molecule has 0 bridgehead atoms. The van der Waals surface area contributed by atoms with Gasteiger partial charge in [0.2, 0.25) is 0 Å². The summed E-state index contributed by atoms with van der Waals surface area (Å²) in [6.07, 6.45) is 4.75. The summed E-state index contributed by atoms with van der Waals surface area (Å²) in [5, 5.41) is 3.19. The van der Waals surface area contributed by atoms with Gasteiger partial charge in [-0.3, -0.25) is 4.79 Å². The number of aromatic nitrogens is 1. The van der Waals surface area contributed by atoms with Crippen LogP contribution < -0.4 is 11.1 Å². The number of rotatable bonds is 2. The van der Waals surface area contributed by atoms with Crippen molar-refractivity contribution in [2.75, 3.05) is 11.1 Å². The molecule has 0 saturated heterocycles. The van der Waals surface area contributed by atoms with E-state index < -0.39 is 0 Å². The molecule has 0 spiro atoms. The monoisotopic (exact) mass is 231 g/mol. The molecular formula is C13H17N3O. The number of pyridine rings is 1. The van der Waals surface area contributed by atoms with Crippen molar-refractivity contribution in [1.29, 1.82) is 0 Å². The van der Waals surface area contributed by atoms with Gasteiger partial charge in [0.15, 0.2) is 5.78 Å². The molecule has 4 heteroatoms. The van der Waals surface area contributed by atoms with Crippen molar-refractivity contribution in [3.05, 3.63) is 30.1 Å². The maximum absolute atomic E-state index is 11.6. The third kappa shape index (κ3) is 2.84.